The Morgan fingerprint density at radius 1 is 1.43 bits per heavy atom. The second-order valence-electron chi connectivity index (χ2n) is 4.97. The first kappa shape index (κ1) is 16.1. The van der Waals surface area contributed by atoms with E-state index < -0.39 is 15.8 Å². The van der Waals surface area contributed by atoms with Gasteiger partial charge in [0.2, 0.25) is 0 Å². The Morgan fingerprint density at radius 3 is 3.00 bits per heavy atom. The van der Waals surface area contributed by atoms with Gasteiger partial charge in [-0.05, 0) is 18.6 Å². The summed E-state index contributed by atoms with van der Waals surface area (Å²) in [6.07, 6.45) is 2.07. The van der Waals surface area contributed by atoms with Gasteiger partial charge in [0, 0.05) is 5.25 Å². The molecule has 0 aliphatic carbocycles. The Bertz CT molecular complexity index is 768. The summed E-state index contributed by atoms with van der Waals surface area (Å²) in [5, 5.41) is 7.51. The van der Waals surface area contributed by atoms with Crippen molar-refractivity contribution in [1.82, 2.24) is 10.2 Å². The molecule has 23 heavy (non-hydrogen) atoms. The molecule has 0 unspecified atom stereocenters. The van der Waals surface area contributed by atoms with Crippen LogP contribution >= 0.6 is 11.8 Å². The van der Waals surface area contributed by atoms with Crippen molar-refractivity contribution in [3.63, 3.8) is 0 Å². The minimum absolute atomic E-state index is 0.0403. The molecule has 1 saturated heterocycles. The summed E-state index contributed by atoms with van der Waals surface area (Å²) in [7, 11) is -2.93. The molecule has 2 aromatic rings. The van der Waals surface area contributed by atoms with Crippen molar-refractivity contribution in [3.8, 4) is 11.7 Å². The van der Waals surface area contributed by atoms with Crippen molar-refractivity contribution in [1.29, 1.82) is 0 Å². The number of ether oxygens (including phenoxy) is 1. The zero-order chi connectivity index (χ0) is 16.3. The third-order valence-electron chi connectivity index (χ3n) is 3.18. The lowest BCUT2D eigenvalue weighted by molar-refractivity contribution is -0.142. The maximum Gasteiger partial charge on any atom is 0.316 e. The molecular weight excluding hydrogens is 344 g/mol. The lowest BCUT2D eigenvalue weighted by atomic mass is 10.4. The Balaban J connectivity index is 1.43. The number of nitrogens with zero attached hydrogens (tertiary/aromatic N) is 2. The van der Waals surface area contributed by atoms with Crippen molar-refractivity contribution in [3.05, 3.63) is 24.3 Å². The minimum Gasteiger partial charge on any atom is -0.459 e. The molecule has 1 aliphatic heterocycles. The SMILES string of the molecule is O=C(CS[C@@H]1CCS(=O)(=O)C1)OCc1nnc(-c2ccco2)o1. The lowest BCUT2D eigenvalue weighted by Crippen LogP contribution is -2.12. The zero-order valence-corrected chi connectivity index (χ0v) is 13.6. The van der Waals surface area contributed by atoms with Gasteiger partial charge in [-0.15, -0.1) is 22.0 Å². The number of carbonyl (C=O) groups is 1. The molecule has 8 nitrogen and oxygen atoms in total. The van der Waals surface area contributed by atoms with E-state index in [1.165, 1.54) is 18.0 Å². The summed E-state index contributed by atoms with van der Waals surface area (Å²) in [4.78, 5) is 11.7. The predicted octanol–water partition coefficient (Wildman–Crippen LogP) is 1.29. The summed E-state index contributed by atoms with van der Waals surface area (Å²) in [5.41, 5.74) is 0. The van der Waals surface area contributed by atoms with Crippen LogP contribution in [0.3, 0.4) is 0 Å². The molecule has 1 fully saturated rings. The Labute approximate surface area is 136 Å². The summed E-state index contributed by atoms with van der Waals surface area (Å²) < 4.78 is 38.1. The van der Waals surface area contributed by atoms with Crippen molar-refractivity contribution in [2.75, 3.05) is 17.3 Å². The summed E-state index contributed by atoms with van der Waals surface area (Å²) >= 11 is 1.30. The smallest absolute Gasteiger partial charge is 0.316 e. The van der Waals surface area contributed by atoms with Gasteiger partial charge in [-0.3, -0.25) is 4.79 Å². The standard InChI is InChI=1S/C13H14N2O6S2/c16-12(7-22-9-3-5-23(17,18)8-9)20-6-11-14-15-13(21-11)10-2-1-4-19-10/h1-2,4,9H,3,5-8H2/t9-/m1/s1. The monoisotopic (exact) mass is 358 g/mol. The fourth-order valence-corrected chi connectivity index (χ4v) is 5.51. The van der Waals surface area contributed by atoms with E-state index in [1.807, 2.05) is 0 Å². The van der Waals surface area contributed by atoms with Crippen LogP contribution in [0.2, 0.25) is 0 Å². The van der Waals surface area contributed by atoms with E-state index in [-0.39, 0.29) is 40.9 Å². The summed E-state index contributed by atoms with van der Waals surface area (Å²) in [5.74, 6) is 0.785. The maximum absolute atomic E-state index is 11.7. The number of furan rings is 1. The van der Waals surface area contributed by atoms with Gasteiger partial charge in [0.05, 0.1) is 23.5 Å². The molecule has 0 N–H and O–H groups in total. The number of carbonyl (C=O) groups excluding carboxylic acids is 1. The molecule has 2 aromatic heterocycles. The minimum atomic E-state index is -2.93. The van der Waals surface area contributed by atoms with Gasteiger partial charge in [-0.1, -0.05) is 0 Å². The summed E-state index contributed by atoms with van der Waals surface area (Å²) in [6, 6.07) is 3.37. The fourth-order valence-electron chi connectivity index (χ4n) is 2.07. The highest BCUT2D eigenvalue weighted by atomic mass is 32.2. The average Bonchev–Trinajstić information content (AvgIpc) is 3.23. The van der Waals surface area contributed by atoms with Gasteiger partial charge in [0.15, 0.2) is 22.2 Å². The third kappa shape index (κ3) is 4.35. The first-order valence-electron chi connectivity index (χ1n) is 6.86. The van der Waals surface area contributed by atoms with Crippen LogP contribution in [0.5, 0.6) is 0 Å². The second kappa shape index (κ2) is 6.75. The second-order valence-corrected chi connectivity index (χ2v) is 8.49. The van der Waals surface area contributed by atoms with E-state index in [0.29, 0.717) is 12.2 Å². The van der Waals surface area contributed by atoms with Crippen molar-refractivity contribution in [2.45, 2.75) is 18.3 Å². The van der Waals surface area contributed by atoms with E-state index in [4.69, 9.17) is 13.6 Å². The van der Waals surface area contributed by atoms with E-state index in [2.05, 4.69) is 10.2 Å². The van der Waals surface area contributed by atoms with Gasteiger partial charge in [-0.25, -0.2) is 8.42 Å². The molecule has 0 bridgehead atoms. The molecule has 10 heteroatoms. The van der Waals surface area contributed by atoms with E-state index >= 15 is 0 Å². The number of thioether (sulfide) groups is 1. The molecule has 0 amide bonds. The number of rotatable bonds is 6. The zero-order valence-electron chi connectivity index (χ0n) is 12.0. The molecule has 0 spiro atoms. The molecular formula is C13H14N2O6S2. The Kier molecular flexibility index (Phi) is 4.71. The highest BCUT2D eigenvalue weighted by molar-refractivity contribution is 8.02. The van der Waals surface area contributed by atoms with Gasteiger partial charge in [0.1, 0.15) is 0 Å². The van der Waals surface area contributed by atoms with Gasteiger partial charge >= 0.3 is 5.97 Å². The van der Waals surface area contributed by atoms with Crippen molar-refractivity contribution in [2.24, 2.45) is 0 Å². The normalized spacial score (nSPS) is 19.7. The molecule has 3 rings (SSSR count). The molecule has 3 heterocycles. The highest BCUT2D eigenvalue weighted by Gasteiger charge is 2.28. The number of esters is 1. The summed E-state index contributed by atoms with van der Waals surface area (Å²) in [6.45, 7) is -0.129. The van der Waals surface area contributed by atoms with Crippen LogP contribution < -0.4 is 0 Å². The van der Waals surface area contributed by atoms with Crippen LogP contribution in [0.25, 0.3) is 11.7 Å². The fraction of sp³-hybridized carbons (Fsp3) is 0.462. The molecule has 0 saturated carbocycles. The van der Waals surface area contributed by atoms with E-state index in [0.717, 1.165) is 0 Å². The first-order chi connectivity index (χ1) is 11.0. The van der Waals surface area contributed by atoms with Gasteiger partial charge < -0.3 is 13.6 Å². The highest BCUT2D eigenvalue weighted by Crippen LogP contribution is 2.24. The van der Waals surface area contributed by atoms with E-state index in [1.54, 1.807) is 12.1 Å². The van der Waals surface area contributed by atoms with Crippen LogP contribution in [-0.2, 0) is 26.0 Å². The van der Waals surface area contributed by atoms with Crippen molar-refractivity contribution < 1.29 is 26.8 Å². The number of hydrogen-bond acceptors (Lipinski definition) is 9. The average molecular weight is 358 g/mol. The molecule has 1 aliphatic rings. The molecule has 124 valence electrons. The third-order valence-corrected chi connectivity index (χ3v) is 6.44. The van der Waals surface area contributed by atoms with Crippen LogP contribution in [0.15, 0.2) is 27.2 Å². The topological polar surface area (TPSA) is 112 Å². The van der Waals surface area contributed by atoms with Crippen molar-refractivity contribution >= 4 is 27.6 Å². The van der Waals surface area contributed by atoms with Crippen LogP contribution in [0.4, 0.5) is 0 Å². The first-order valence-corrected chi connectivity index (χ1v) is 9.73. The van der Waals surface area contributed by atoms with Crippen LogP contribution in [-0.4, -0.2) is 47.1 Å². The number of hydrogen-bond donors (Lipinski definition) is 0. The number of sulfone groups is 1. The van der Waals surface area contributed by atoms with Gasteiger partial charge in [0.25, 0.3) is 11.8 Å². The predicted molar refractivity (Wildman–Crippen MR) is 81.3 cm³/mol. The Morgan fingerprint density at radius 2 is 2.30 bits per heavy atom. The van der Waals surface area contributed by atoms with Crippen LogP contribution in [0, 0.1) is 0 Å². The van der Waals surface area contributed by atoms with Crippen LogP contribution in [0.1, 0.15) is 12.3 Å². The van der Waals surface area contributed by atoms with Gasteiger partial charge in [-0.2, -0.15) is 0 Å². The molecule has 0 aromatic carbocycles. The molecule has 0 radical (unpaired) electrons. The quantitative estimate of drug-likeness (QED) is 0.705. The number of aromatic nitrogens is 2. The largest absolute Gasteiger partial charge is 0.459 e. The van der Waals surface area contributed by atoms with E-state index in [9.17, 15) is 13.2 Å². The molecule has 1 atom stereocenters. The Hall–Kier alpha value is -1.81. The lowest BCUT2D eigenvalue weighted by Gasteiger charge is -2.06. The maximum atomic E-state index is 11.7.